The normalized spacial score (nSPS) is 12.6. The van der Waals surface area contributed by atoms with Crippen LogP contribution in [0.2, 0.25) is 0 Å². The topological polar surface area (TPSA) is 29.5 Å². The summed E-state index contributed by atoms with van der Waals surface area (Å²) in [5.41, 5.74) is 4.83. The van der Waals surface area contributed by atoms with Gasteiger partial charge in [0.15, 0.2) is 0 Å². The molecule has 126 valence electrons. The van der Waals surface area contributed by atoms with Gasteiger partial charge in [-0.05, 0) is 28.7 Å². The second kappa shape index (κ2) is 7.52. The lowest BCUT2D eigenvalue weighted by Crippen LogP contribution is -2.35. The van der Waals surface area contributed by atoms with Crippen molar-refractivity contribution in [2.24, 2.45) is 0 Å². The Morgan fingerprint density at radius 2 is 1.54 bits per heavy atom. The zero-order valence-electron chi connectivity index (χ0n) is 14.5. The lowest BCUT2D eigenvalue weighted by Gasteiger charge is -2.29. The molecule has 0 heterocycles. The molecule has 0 spiro atoms. The van der Waals surface area contributed by atoms with Gasteiger partial charge in [0.2, 0.25) is 0 Å². The first-order chi connectivity index (χ1) is 11.8. The van der Waals surface area contributed by atoms with Gasteiger partial charge in [-0.3, -0.25) is 4.90 Å². The Morgan fingerprint density at radius 1 is 0.958 bits per heavy atom. The number of fused-ring (bicyclic) bond motifs is 3. The Morgan fingerprint density at radius 3 is 2.08 bits per heavy atom. The first-order valence-corrected chi connectivity index (χ1v) is 8.80. The fourth-order valence-electron chi connectivity index (χ4n) is 3.62. The zero-order valence-corrected chi connectivity index (χ0v) is 14.5. The maximum absolute atomic E-state index is 12.5. The van der Waals surface area contributed by atoms with Crippen LogP contribution >= 0.6 is 0 Å². The second-order valence-electron chi connectivity index (χ2n) is 6.30. The van der Waals surface area contributed by atoms with Crippen molar-refractivity contribution in [1.82, 2.24) is 4.90 Å². The van der Waals surface area contributed by atoms with Crippen LogP contribution in [0.4, 0.5) is 4.79 Å². The van der Waals surface area contributed by atoms with Crippen LogP contribution in [-0.2, 0) is 4.74 Å². The van der Waals surface area contributed by atoms with E-state index in [9.17, 15) is 4.79 Å². The molecule has 2 aromatic carbocycles. The molecule has 2 aromatic rings. The van der Waals surface area contributed by atoms with Crippen molar-refractivity contribution < 1.29 is 9.53 Å². The highest BCUT2D eigenvalue weighted by molar-refractivity contribution is 5.81. The van der Waals surface area contributed by atoms with Gasteiger partial charge in [0, 0.05) is 6.54 Å². The molecule has 0 saturated carbocycles. The van der Waals surface area contributed by atoms with Gasteiger partial charge in [0.05, 0.1) is 13.2 Å². The molecule has 1 aliphatic rings. The minimum Gasteiger partial charge on any atom is -0.453 e. The van der Waals surface area contributed by atoms with Crippen molar-refractivity contribution in [3.05, 3.63) is 59.7 Å². The van der Waals surface area contributed by atoms with E-state index in [2.05, 4.69) is 43.3 Å². The van der Waals surface area contributed by atoms with Crippen molar-refractivity contribution in [2.75, 3.05) is 13.7 Å². The summed E-state index contributed by atoms with van der Waals surface area (Å²) in [5, 5.41) is 0. The van der Waals surface area contributed by atoms with Crippen LogP contribution in [0.3, 0.4) is 0 Å². The smallest absolute Gasteiger partial charge is 0.410 e. The highest BCUT2D eigenvalue weighted by atomic mass is 16.5. The second-order valence-corrected chi connectivity index (χ2v) is 6.30. The molecule has 24 heavy (non-hydrogen) atoms. The minimum atomic E-state index is -0.247. The number of hydrogen-bond donors (Lipinski definition) is 0. The molecular weight excluding hydrogens is 298 g/mol. The molecule has 0 fully saturated rings. The van der Waals surface area contributed by atoms with Crippen LogP contribution in [0.1, 0.15) is 49.8 Å². The maximum Gasteiger partial charge on any atom is 0.410 e. The van der Waals surface area contributed by atoms with E-state index in [4.69, 9.17) is 4.74 Å². The Kier molecular flexibility index (Phi) is 5.19. The highest BCUT2D eigenvalue weighted by Gasteiger charge is 2.35. The van der Waals surface area contributed by atoms with Crippen LogP contribution in [-0.4, -0.2) is 24.6 Å². The van der Waals surface area contributed by atoms with Crippen molar-refractivity contribution in [3.8, 4) is 11.1 Å². The van der Waals surface area contributed by atoms with Gasteiger partial charge in [-0.2, -0.15) is 0 Å². The monoisotopic (exact) mass is 323 g/mol. The molecule has 0 N–H and O–H groups in total. The number of benzene rings is 2. The summed E-state index contributed by atoms with van der Waals surface area (Å²) in [5.74, 6) is 0. The van der Waals surface area contributed by atoms with Gasteiger partial charge in [0.25, 0.3) is 0 Å². The zero-order chi connectivity index (χ0) is 16.9. The van der Waals surface area contributed by atoms with E-state index in [1.165, 1.54) is 42.2 Å². The van der Waals surface area contributed by atoms with E-state index in [1.807, 2.05) is 17.0 Å². The maximum atomic E-state index is 12.5. The van der Waals surface area contributed by atoms with Crippen LogP contribution in [0, 0.1) is 0 Å². The quantitative estimate of drug-likeness (QED) is 0.666. The summed E-state index contributed by atoms with van der Waals surface area (Å²) in [6.45, 7) is 2.92. The first kappa shape index (κ1) is 16.6. The molecule has 0 radical (unpaired) electrons. The molecular formula is C21H25NO2. The molecule has 1 aliphatic carbocycles. The summed E-state index contributed by atoms with van der Waals surface area (Å²) in [4.78, 5) is 14.4. The Balaban J connectivity index is 1.96. The van der Waals surface area contributed by atoms with Crippen molar-refractivity contribution in [1.29, 1.82) is 0 Å². The van der Waals surface area contributed by atoms with Gasteiger partial charge in [-0.25, -0.2) is 4.79 Å². The Labute approximate surface area is 144 Å². The van der Waals surface area contributed by atoms with Gasteiger partial charge < -0.3 is 4.74 Å². The molecule has 3 nitrogen and oxygen atoms in total. The van der Waals surface area contributed by atoms with Gasteiger partial charge in [-0.15, -0.1) is 0 Å². The molecule has 0 atom stereocenters. The number of hydrogen-bond acceptors (Lipinski definition) is 2. The third-order valence-electron chi connectivity index (χ3n) is 4.77. The fraction of sp³-hybridized carbons (Fsp3) is 0.381. The fourth-order valence-corrected chi connectivity index (χ4v) is 3.62. The molecule has 0 bridgehead atoms. The van der Waals surface area contributed by atoms with E-state index >= 15 is 0 Å². The number of rotatable bonds is 6. The third kappa shape index (κ3) is 3.03. The van der Waals surface area contributed by atoms with Crippen LogP contribution in [0.25, 0.3) is 11.1 Å². The Bertz CT molecular complexity index is 665. The van der Waals surface area contributed by atoms with Crippen LogP contribution in [0.15, 0.2) is 48.5 Å². The van der Waals surface area contributed by atoms with E-state index in [-0.39, 0.29) is 12.1 Å². The number of unbranched alkanes of at least 4 members (excludes halogenated alkanes) is 3. The SMILES string of the molecule is CCCCCCN(C(=O)OC)C1c2ccccc2-c2ccccc21. The average molecular weight is 323 g/mol. The van der Waals surface area contributed by atoms with E-state index < -0.39 is 0 Å². The number of nitrogens with zero attached hydrogens (tertiary/aromatic N) is 1. The first-order valence-electron chi connectivity index (χ1n) is 8.80. The largest absolute Gasteiger partial charge is 0.453 e. The summed E-state index contributed by atoms with van der Waals surface area (Å²) >= 11 is 0. The van der Waals surface area contributed by atoms with Crippen molar-refractivity contribution in [3.63, 3.8) is 0 Å². The summed E-state index contributed by atoms with van der Waals surface area (Å²) in [6.07, 6.45) is 4.28. The van der Waals surface area contributed by atoms with Crippen molar-refractivity contribution in [2.45, 2.75) is 38.6 Å². The minimum absolute atomic E-state index is 0.0496. The highest BCUT2D eigenvalue weighted by Crippen LogP contribution is 2.46. The predicted octanol–water partition coefficient (Wildman–Crippen LogP) is 5.41. The van der Waals surface area contributed by atoms with E-state index in [1.54, 1.807) is 0 Å². The lowest BCUT2D eigenvalue weighted by atomic mass is 10.0. The summed E-state index contributed by atoms with van der Waals surface area (Å²) in [6, 6.07) is 16.7. The number of methoxy groups -OCH3 is 1. The molecule has 0 saturated heterocycles. The van der Waals surface area contributed by atoms with Gasteiger partial charge >= 0.3 is 6.09 Å². The molecule has 3 heteroatoms. The van der Waals surface area contributed by atoms with E-state index in [0.29, 0.717) is 0 Å². The van der Waals surface area contributed by atoms with E-state index in [0.717, 1.165) is 19.4 Å². The lowest BCUT2D eigenvalue weighted by molar-refractivity contribution is 0.111. The Hall–Kier alpha value is -2.29. The van der Waals surface area contributed by atoms with Crippen LogP contribution < -0.4 is 0 Å². The molecule has 1 amide bonds. The third-order valence-corrected chi connectivity index (χ3v) is 4.77. The summed E-state index contributed by atoms with van der Waals surface area (Å²) in [7, 11) is 1.47. The molecule has 0 aromatic heterocycles. The number of carbonyl (C=O) groups excluding carboxylic acids is 1. The van der Waals surface area contributed by atoms with Crippen molar-refractivity contribution >= 4 is 6.09 Å². The average Bonchev–Trinajstić information content (AvgIpc) is 2.96. The molecule has 3 rings (SSSR count). The standard InChI is InChI=1S/C21H25NO2/c1-3-4-5-10-15-22(21(23)24-2)20-18-13-8-6-11-16(18)17-12-7-9-14-19(17)20/h6-9,11-14,20H,3-5,10,15H2,1-2H3. The van der Waals surface area contributed by atoms with Gasteiger partial charge in [0.1, 0.15) is 0 Å². The predicted molar refractivity (Wildman–Crippen MR) is 97.0 cm³/mol. The number of ether oxygens (including phenoxy) is 1. The number of carbonyl (C=O) groups is 1. The molecule has 0 unspecified atom stereocenters. The molecule has 0 aliphatic heterocycles. The summed E-state index contributed by atoms with van der Waals surface area (Å²) < 4.78 is 5.10. The van der Waals surface area contributed by atoms with Gasteiger partial charge in [-0.1, -0.05) is 74.7 Å². The number of amides is 1. The van der Waals surface area contributed by atoms with Crippen LogP contribution in [0.5, 0.6) is 0 Å².